The van der Waals surface area contributed by atoms with Crippen molar-refractivity contribution in [3.05, 3.63) is 77.6 Å². The van der Waals surface area contributed by atoms with Gasteiger partial charge in [0.1, 0.15) is 5.82 Å². The van der Waals surface area contributed by atoms with Gasteiger partial charge in [-0.1, -0.05) is 17.7 Å². The van der Waals surface area contributed by atoms with Gasteiger partial charge in [-0.15, -0.1) is 0 Å². The Labute approximate surface area is 137 Å². The van der Waals surface area contributed by atoms with E-state index in [4.69, 9.17) is 11.6 Å². The largest absolute Gasteiger partial charge is 0.354 e. The van der Waals surface area contributed by atoms with Gasteiger partial charge in [-0.25, -0.2) is 9.37 Å². The second kappa shape index (κ2) is 5.56. The number of nitrogens with one attached hydrogen (secondary N) is 1. The fourth-order valence-corrected chi connectivity index (χ4v) is 2.99. The van der Waals surface area contributed by atoms with Gasteiger partial charge in [-0.3, -0.25) is 0 Å². The monoisotopic (exact) mass is 325 g/mol. The predicted molar refractivity (Wildman–Crippen MR) is 90.0 cm³/mol. The first kappa shape index (κ1) is 14.0. The third kappa shape index (κ3) is 2.62. The maximum atomic E-state index is 13.2. The van der Waals surface area contributed by atoms with Crippen LogP contribution in [-0.4, -0.2) is 14.5 Å². The molecular formula is C18H13ClFN3. The molecule has 0 aliphatic heterocycles. The zero-order valence-electron chi connectivity index (χ0n) is 12.1. The van der Waals surface area contributed by atoms with Crippen LogP contribution >= 0.6 is 11.6 Å². The number of imidazole rings is 1. The summed E-state index contributed by atoms with van der Waals surface area (Å²) in [7, 11) is 0. The lowest BCUT2D eigenvalue weighted by Crippen LogP contribution is -1.97. The summed E-state index contributed by atoms with van der Waals surface area (Å²) in [6, 6.07) is 12.3. The molecule has 0 saturated heterocycles. The molecule has 0 aliphatic carbocycles. The maximum absolute atomic E-state index is 13.2. The van der Waals surface area contributed by atoms with Gasteiger partial charge in [0.05, 0.1) is 18.6 Å². The first-order chi connectivity index (χ1) is 11.2. The molecule has 0 spiro atoms. The molecule has 1 N–H and O–H groups in total. The number of H-pyrrole nitrogens is 1. The van der Waals surface area contributed by atoms with Crippen molar-refractivity contribution in [3.63, 3.8) is 0 Å². The second-order valence-electron chi connectivity index (χ2n) is 5.41. The molecule has 4 aromatic rings. The van der Waals surface area contributed by atoms with Crippen LogP contribution in [0.3, 0.4) is 0 Å². The van der Waals surface area contributed by atoms with Gasteiger partial charge in [0.15, 0.2) is 0 Å². The van der Waals surface area contributed by atoms with E-state index in [2.05, 4.69) is 9.97 Å². The van der Waals surface area contributed by atoms with Crippen LogP contribution < -0.4 is 0 Å². The molecule has 3 nitrogen and oxygen atoms in total. The Kier molecular flexibility index (Phi) is 3.39. The minimum Gasteiger partial charge on any atom is -0.354 e. The molecular weight excluding hydrogens is 313 g/mol. The van der Waals surface area contributed by atoms with Crippen molar-refractivity contribution >= 4 is 22.5 Å². The van der Waals surface area contributed by atoms with Crippen molar-refractivity contribution in [2.45, 2.75) is 6.54 Å². The topological polar surface area (TPSA) is 33.6 Å². The van der Waals surface area contributed by atoms with Crippen molar-refractivity contribution in [1.82, 2.24) is 14.5 Å². The zero-order chi connectivity index (χ0) is 15.8. The molecule has 0 bridgehead atoms. The van der Waals surface area contributed by atoms with Gasteiger partial charge < -0.3 is 9.55 Å². The second-order valence-corrected chi connectivity index (χ2v) is 5.85. The molecule has 2 heterocycles. The lowest BCUT2D eigenvalue weighted by molar-refractivity contribution is 0.628. The average Bonchev–Trinajstić information content (AvgIpc) is 3.17. The lowest BCUT2D eigenvalue weighted by Gasteiger charge is -2.06. The molecule has 5 heteroatoms. The molecule has 4 rings (SSSR count). The summed E-state index contributed by atoms with van der Waals surface area (Å²) in [6.07, 6.45) is 5.45. The summed E-state index contributed by atoms with van der Waals surface area (Å²) in [5, 5.41) is 1.78. The minimum absolute atomic E-state index is 0.246. The van der Waals surface area contributed by atoms with E-state index in [1.807, 2.05) is 29.0 Å². The van der Waals surface area contributed by atoms with Crippen LogP contribution in [0.5, 0.6) is 0 Å². The van der Waals surface area contributed by atoms with E-state index in [9.17, 15) is 4.39 Å². The SMILES string of the molecule is Fc1ccc(-c2[nH]c3cc(Cl)ccc3c2Cn2ccnc2)cc1. The van der Waals surface area contributed by atoms with Crippen LogP contribution in [0.25, 0.3) is 22.2 Å². The fraction of sp³-hybridized carbons (Fsp3) is 0.0556. The van der Waals surface area contributed by atoms with Crippen LogP contribution in [0.1, 0.15) is 5.56 Å². The van der Waals surface area contributed by atoms with Crippen LogP contribution in [0, 0.1) is 5.82 Å². The van der Waals surface area contributed by atoms with Crippen molar-refractivity contribution < 1.29 is 4.39 Å². The molecule has 0 unspecified atom stereocenters. The van der Waals surface area contributed by atoms with E-state index in [1.54, 1.807) is 24.7 Å². The fourth-order valence-electron chi connectivity index (χ4n) is 2.82. The molecule has 23 heavy (non-hydrogen) atoms. The molecule has 0 atom stereocenters. The number of hydrogen-bond donors (Lipinski definition) is 1. The lowest BCUT2D eigenvalue weighted by atomic mass is 10.1. The van der Waals surface area contributed by atoms with Crippen molar-refractivity contribution in [3.8, 4) is 11.3 Å². The Bertz CT molecular complexity index is 956. The van der Waals surface area contributed by atoms with Crippen molar-refractivity contribution in [1.29, 1.82) is 0 Å². The number of rotatable bonds is 3. The Hall–Kier alpha value is -2.59. The first-order valence-corrected chi connectivity index (χ1v) is 7.60. The van der Waals surface area contributed by atoms with Gasteiger partial charge in [-0.05, 0) is 42.0 Å². The molecule has 2 aromatic carbocycles. The molecule has 0 radical (unpaired) electrons. The number of fused-ring (bicyclic) bond motifs is 1. The predicted octanol–water partition coefficient (Wildman–Crippen LogP) is 4.87. The highest BCUT2D eigenvalue weighted by Gasteiger charge is 2.14. The number of halogens is 2. The van der Waals surface area contributed by atoms with Crippen LogP contribution in [0.4, 0.5) is 4.39 Å². The van der Waals surface area contributed by atoms with E-state index in [0.717, 1.165) is 27.7 Å². The standard InChI is InChI=1S/C18H13ClFN3/c19-13-3-6-15-16(10-23-8-7-21-11-23)18(22-17(15)9-13)12-1-4-14(20)5-2-12/h1-9,11,22H,10H2. The number of aromatic amines is 1. The molecule has 0 aliphatic rings. The average molecular weight is 326 g/mol. The Morgan fingerprint density at radius 2 is 1.96 bits per heavy atom. The molecule has 2 aromatic heterocycles. The summed E-state index contributed by atoms with van der Waals surface area (Å²) in [6.45, 7) is 0.675. The summed E-state index contributed by atoms with van der Waals surface area (Å²) >= 11 is 6.11. The highest BCUT2D eigenvalue weighted by atomic mass is 35.5. The van der Waals surface area contributed by atoms with Gasteiger partial charge in [0.2, 0.25) is 0 Å². The number of aromatic nitrogens is 3. The van der Waals surface area contributed by atoms with Crippen LogP contribution in [0.15, 0.2) is 61.2 Å². The summed E-state index contributed by atoms with van der Waals surface area (Å²) in [5.41, 5.74) is 4.00. The van der Waals surface area contributed by atoms with E-state index in [0.29, 0.717) is 11.6 Å². The zero-order valence-corrected chi connectivity index (χ0v) is 12.9. The smallest absolute Gasteiger partial charge is 0.123 e. The molecule has 0 fully saturated rings. The Morgan fingerprint density at radius 3 is 2.70 bits per heavy atom. The third-order valence-corrected chi connectivity index (χ3v) is 4.14. The molecule has 0 saturated carbocycles. The quantitative estimate of drug-likeness (QED) is 0.572. The normalized spacial score (nSPS) is 11.2. The minimum atomic E-state index is -0.246. The Balaban J connectivity index is 1.92. The van der Waals surface area contributed by atoms with E-state index < -0.39 is 0 Å². The van der Waals surface area contributed by atoms with Gasteiger partial charge in [-0.2, -0.15) is 0 Å². The number of nitrogens with zero attached hydrogens (tertiary/aromatic N) is 2. The summed E-state index contributed by atoms with van der Waals surface area (Å²) in [5.74, 6) is -0.246. The van der Waals surface area contributed by atoms with Crippen LogP contribution in [-0.2, 0) is 6.54 Å². The molecule has 0 amide bonds. The van der Waals surface area contributed by atoms with Gasteiger partial charge >= 0.3 is 0 Å². The summed E-state index contributed by atoms with van der Waals surface area (Å²) < 4.78 is 15.2. The third-order valence-electron chi connectivity index (χ3n) is 3.90. The molecule has 114 valence electrons. The number of hydrogen-bond acceptors (Lipinski definition) is 1. The van der Waals surface area contributed by atoms with E-state index in [-0.39, 0.29) is 5.82 Å². The Morgan fingerprint density at radius 1 is 1.13 bits per heavy atom. The van der Waals surface area contributed by atoms with E-state index in [1.165, 1.54) is 12.1 Å². The van der Waals surface area contributed by atoms with Crippen molar-refractivity contribution in [2.24, 2.45) is 0 Å². The highest BCUT2D eigenvalue weighted by molar-refractivity contribution is 6.31. The van der Waals surface area contributed by atoms with Gasteiger partial charge in [0.25, 0.3) is 0 Å². The highest BCUT2D eigenvalue weighted by Crippen LogP contribution is 2.32. The van der Waals surface area contributed by atoms with Crippen molar-refractivity contribution in [2.75, 3.05) is 0 Å². The summed E-state index contributed by atoms with van der Waals surface area (Å²) in [4.78, 5) is 7.51. The first-order valence-electron chi connectivity index (χ1n) is 7.22. The maximum Gasteiger partial charge on any atom is 0.123 e. The van der Waals surface area contributed by atoms with E-state index >= 15 is 0 Å². The van der Waals surface area contributed by atoms with Crippen LogP contribution in [0.2, 0.25) is 5.02 Å². The number of benzene rings is 2. The van der Waals surface area contributed by atoms with Gasteiger partial charge in [0, 0.05) is 33.9 Å².